The minimum absolute atomic E-state index is 0.0584. The number of ketones is 1. The number of carbonyl (C=O) groups is 2. The highest BCUT2D eigenvalue weighted by Crippen LogP contribution is 2.16. The van der Waals surface area contributed by atoms with Gasteiger partial charge in [0.2, 0.25) is 0 Å². The maximum absolute atomic E-state index is 10.7. The quantitative estimate of drug-likeness (QED) is 0.736. The summed E-state index contributed by atoms with van der Waals surface area (Å²) in [6.45, 7) is 1.43. The number of rotatable bonds is 4. The molecule has 0 bridgehead atoms. The minimum atomic E-state index is -0.770. The molecule has 0 unspecified atom stereocenters. The van der Waals surface area contributed by atoms with Crippen molar-refractivity contribution in [3.8, 4) is 0 Å². The summed E-state index contributed by atoms with van der Waals surface area (Å²) in [7, 11) is 0. The lowest BCUT2D eigenvalue weighted by molar-refractivity contribution is -0.118. The molecule has 3 nitrogen and oxygen atoms in total. The Morgan fingerprint density at radius 3 is 2.43 bits per heavy atom. The maximum atomic E-state index is 10.7. The van der Waals surface area contributed by atoms with E-state index in [1.807, 2.05) is 0 Å². The smallest absolute Gasteiger partial charge is 0.150 e. The largest absolute Gasteiger partial charge is 0.388 e. The van der Waals surface area contributed by atoms with Crippen LogP contribution in [-0.4, -0.2) is 17.2 Å². The van der Waals surface area contributed by atoms with E-state index < -0.39 is 6.10 Å². The molecule has 0 aliphatic carbocycles. The summed E-state index contributed by atoms with van der Waals surface area (Å²) in [5.74, 6) is -0.0584. The highest BCUT2D eigenvalue weighted by molar-refractivity contribution is 5.76. The summed E-state index contributed by atoms with van der Waals surface area (Å²) in [6.07, 6.45) is 0.0786. The average Bonchev–Trinajstić information content (AvgIpc) is 2.17. The summed E-state index contributed by atoms with van der Waals surface area (Å²) in [5, 5.41) is 9.55. The molecule has 3 heteroatoms. The van der Waals surface area contributed by atoms with Crippen molar-refractivity contribution in [1.82, 2.24) is 0 Å². The third kappa shape index (κ3) is 2.78. The van der Waals surface area contributed by atoms with Crippen LogP contribution in [0.15, 0.2) is 24.3 Å². The zero-order chi connectivity index (χ0) is 10.6. The summed E-state index contributed by atoms with van der Waals surface area (Å²) < 4.78 is 0. The third-order valence-corrected chi connectivity index (χ3v) is 1.94. The second-order valence-corrected chi connectivity index (χ2v) is 3.21. The van der Waals surface area contributed by atoms with Crippen LogP contribution >= 0.6 is 0 Å². The predicted molar refractivity (Wildman–Crippen MR) is 52.1 cm³/mol. The summed E-state index contributed by atoms with van der Waals surface area (Å²) in [6, 6.07) is 6.53. The van der Waals surface area contributed by atoms with Crippen molar-refractivity contribution in [2.24, 2.45) is 0 Å². The molecule has 1 rings (SSSR count). The highest BCUT2D eigenvalue weighted by Gasteiger charge is 2.09. The highest BCUT2D eigenvalue weighted by atomic mass is 16.3. The Morgan fingerprint density at radius 1 is 1.43 bits per heavy atom. The van der Waals surface area contributed by atoms with Gasteiger partial charge in [-0.25, -0.2) is 0 Å². The number of aldehydes is 1. The van der Waals surface area contributed by atoms with Gasteiger partial charge < -0.3 is 5.11 Å². The van der Waals surface area contributed by atoms with E-state index in [4.69, 9.17) is 0 Å². The van der Waals surface area contributed by atoms with Crippen molar-refractivity contribution >= 4 is 12.1 Å². The van der Waals surface area contributed by atoms with Gasteiger partial charge >= 0.3 is 0 Å². The lowest BCUT2D eigenvalue weighted by atomic mass is 10.0. The number of Topliss-reactive ketones (excluding diaryl/α,β-unsaturated/α-hetero) is 1. The van der Waals surface area contributed by atoms with E-state index in [9.17, 15) is 14.7 Å². The molecule has 0 spiro atoms. The molecule has 0 fully saturated rings. The Hall–Kier alpha value is -1.48. The SMILES string of the molecule is CC(=O)C[C@H](O)c1ccc(C=O)cc1. The van der Waals surface area contributed by atoms with Crippen LogP contribution in [0, 0.1) is 0 Å². The van der Waals surface area contributed by atoms with Gasteiger partial charge in [0.1, 0.15) is 12.1 Å². The fourth-order valence-corrected chi connectivity index (χ4v) is 1.19. The summed E-state index contributed by atoms with van der Waals surface area (Å²) >= 11 is 0. The molecule has 0 amide bonds. The first kappa shape index (κ1) is 10.6. The van der Waals surface area contributed by atoms with Gasteiger partial charge in [-0.05, 0) is 12.5 Å². The van der Waals surface area contributed by atoms with E-state index in [-0.39, 0.29) is 12.2 Å². The molecule has 0 saturated heterocycles. The Labute approximate surface area is 82.4 Å². The summed E-state index contributed by atoms with van der Waals surface area (Å²) in [5.41, 5.74) is 1.22. The lowest BCUT2D eigenvalue weighted by Crippen LogP contribution is -2.03. The van der Waals surface area contributed by atoms with Gasteiger partial charge in [0.15, 0.2) is 0 Å². The molecule has 1 aromatic rings. The van der Waals surface area contributed by atoms with Gasteiger partial charge in [0.25, 0.3) is 0 Å². The first-order valence-electron chi connectivity index (χ1n) is 4.36. The van der Waals surface area contributed by atoms with Gasteiger partial charge in [-0.3, -0.25) is 9.59 Å². The third-order valence-electron chi connectivity index (χ3n) is 1.94. The number of hydrogen-bond donors (Lipinski definition) is 1. The molecule has 0 aliphatic rings. The van der Waals surface area contributed by atoms with Crippen LogP contribution in [0.25, 0.3) is 0 Å². The predicted octanol–water partition coefficient (Wildman–Crippen LogP) is 1.51. The minimum Gasteiger partial charge on any atom is -0.388 e. The number of carbonyl (C=O) groups excluding carboxylic acids is 2. The molecule has 74 valence electrons. The number of benzene rings is 1. The van der Waals surface area contributed by atoms with E-state index in [0.29, 0.717) is 11.1 Å². The normalized spacial score (nSPS) is 12.1. The van der Waals surface area contributed by atoms with E-state index >= 15 is 0 Å². The molecule has 14 heavy (non-hydrogen) atoms. The van der Waals surface area contributed by atoms with Crippen LogP contribution in [0.2, 0.25) is 0 Å². The van der Waals surface area contributed by atoms with Gasteiger partial charge in [-0.2, -0.15) is 0 Å². The Bertz CT molecular complexity index is 327. The van der Waals surface area contributed by atoms with E-state index in [2.05, 4.69) is 0 Å². The fraction of sp³-hybridized carbons (Fsp3) is 0.273. The second-order valence-electron chi connectivity index (χ2n) is 3.21. The Kier molecular flexibility index (Phi) is 3.54. The number of aliphatic hydroxyl groups excluding tert-OH is 1. The molecule has 1 N–H and O–H groups in total. The van der Waals surface area contributed by atoms with Crippen molar-refractivity contribution in [2.45, 2.75) is 19.4 Å². The van der Waals surface area contributed by atoms with Crippen molar-refractivity contribution in [3.05, 3.63) is 35.4 Å². The molecular weight excluding hydrogens is 180 g/mol. The van der Waals surface area contributed by atoms with Crippen molar-refractivity contribution in [2.75, 3.05) is 0 Å². The standard InChI is InChI=1S/C11H12O3/c1-8(13)6-11(14)10-4-2-9(7-12)3-5-10/h2-5,7,11,14H,6H2,1H3/t11-/m0/s1. The fourth-order valence-electron chi connectivity index (χ4n) is 1.19. The first-order chi connectivity index (χ1) is 6.63. The Morgan fingerprint density at radius 2 is 2.00 bits per heavy atom. The van der Waals surface area contributed by atoms with E-state index in [1.165, 1.54) is 6.92 Å². The second kappa shape index (κ2) is 4.67. The molecule has 1 atom stereocenters. The zero-order valence-electron chi connectivity index (χ0n) is 7.93. The van der Waals surface area contributed by atoms with Gasteiger partial charge in [0.05, 0.1) is 6.10 Å². The van der Waals surface area contributed by atoms with Crippen LogP contribution in [0.5, 0.6) is 0 Å². The van der Waals surface area contributed by atoms with Crippen molar-refractivity contribution in [1.29, 1.82) is 0 Å². The van der Waals surface area contributed by atoms with E-state index in [1.54, 1.807) is 24.3 Å². The molecule has 0 heterocycles. The van der Waals surface area contributed by atoms with Crippen molar-refractivity contribution < 1.29 is 14.7 Å². The average molecular weight is 192 g/mol. The van der Waals surface area contributed by atoms with Crippen LogP contribution in [0.1, 0.15) is 35.4 Å². The topological polar surface area (TPSA) is 54.4 Å². The summed E-state index contributed by atoms with van der Waals surface area (Å²) in [4.78, 5) is 21.1. The van der Waals surface area contributed by atoms with Crippen LogP contribution in [0.4, 0.5) is 0 Å². The van der Waals surface area contributed by atoms with Crippen LogP contribution in [-0.2, 0) is 4.79 Å². The van der Waals surface area contributed by atoms with Crippen molar-refractivity contribution in [3.63, 3.8) is 0 Å². The van der Waals surface area contributed by atoms with Crippen LogP contribution in [0.3, 0.4) is 0 Å². The maximum Gasteiger partial charge on any atom is 0.150 e. The Balaban J connectivity index is 2.75. The van der Waals surface area contributed by atoms with E-state index in [0.717, 1.165) is 6.29 Å². The molecule has 1 aromatic carbocycles. The first-order valence-corrected chi connectivity index (χ1v) is 4.36. The number of hydrogen-bond acceptors (Lipinski definition) is 3. The zero-order valence-corrected chi connectivity index (χ0v) is 7.93. The number of aliphatic hydroxyl groups is 1. The molecule has 0 aliphatic heterocycles. The monoisotopic (exact) mass is 192 g/mol. The van der Waals surface area contributed by atoms with Gasteiger partial charge in [0, 0.05) is 12.0 Å². The molecular formula is C11H12O3. The van der Waals surface area contributed by atoms with Gasteiger partial charge in [-0.15, -0.1) is 0 Å². The lowest BCUT2D eigenvalue weighted by Gasteiger charge is -2.08. The van der Waals surface area contributed by atoms with Gasteiger partial charge in [-0.1, -0.05) is 24.3 Å². The molecule has 0 aromatic heterocycles. The molecule has 0 radical (unpaired) electrons. The van der Waals surface area contributed by atoms with Crippen LogP contribution < -0.4 is 0 Å². The molecule has 0 saturated carbocycles.